The summed E-state index contributed by atoms with van der Waals surface area (Å²) in [5.41, 5.74) is 2.67. The minimum absolute atomic E-state index is 0.368. The molecule has 0 aliphatic heterocycles. The molecule has 1 aromatic heterocycles. The van der Waals surface area contributed by atoms with Crippen LogP contribution in [-0.2, 0) is 12.8 Å². The van der Waals surface area contributed by atoms with Gasteiger partial charge in [-0.25, -0.2) is 0 Å². The van der Waals surface area contributed by atoms with Crippen LogP contribution in [0.5, 0.6) is 0 Å². The maximum Gasteiger partial charge on any atom is 0.167 e. The third-order valence-electron chi connectivity index (χ3n) is 4.18. The maximum atomic E-state index is 9.42. The van der Waals surface area contributed by atoms with Crippen molar-refractivity contribution in [2.45, 2.75) is 58.9 Å². The van der Waals surface area contributed by atoms with Crippen LogP contribution in [0.1, 0.15) is 56.9 Å². The molecule has 4 nitrogen and oxygen atoms in total. The van der Waals surface area contributed by atoms with Crippen molar-refractivity contribution in [1.82, 2.24) is 10.2 Å². The highest BCUT2D eigenvalue weighted by Crippen LogP contribution is 2.31. The fraction of sp³-hybridized carbons (Fsp3) is 0.667. The first-order valence-electron chi connectivity index (χ1n) is 7.26. The first-order valence-corrected chi connectivity index (χ1v) is 7.26. The van der Waals surface area contributed by atoms with Gasteiger partial charge in [-0.05, 0) is 44.1 Å². The van der Waals surface area contributed by atoms with E-state index in [1.165, 1.54) is 19.3 Å². The van der Waals surface area contributed by atoms with Crippen molar-refractivity contribution in [2.24, 2.45) is 5.92 Å². The number of nitrogens with zero attached hydrogens (tertiary/aromatic N) is 3. The van der Waals surface area contributed by atoms with E-state index in [1.807, 2.05) is 0 Å². The zero-order valence-electron chi connectivity index (χ0n) is 12.0. The van der Waals surface area contributed by atoms with Gasteiger partial charge in [0.05, 0.1) is 5.69 Å². The summed E-state index contributed by atoms with van der Waals surface area (Å²) in [4.78, 5) is 0. The third kappa shape index (κ3) is 2.70. The van der Waals surface area contributed by atoms with E-state index in [0.717, 1.165) is 24.1 Å². The summed E-state index contributed by atoms with van der Waals surface area (Å²) in [5, 5.41) is 21.3. The minimum atomic E-state index is 0.368. The fourth-order valence-electron chi connectivity index (χ4n) is 2.67. The first-order chi connectivity index (χ1) is 9.21. The molecule has 4 heteroatoms. The van der Waals surface area contributed by atoms with Crippen LogP contribution in [0.3, 0.4) is 0 Å². The quantitative estimate of drug-likeness (QED) is 0.881. The summed E-state index contributed by atoms with van der Waals surface area (Å²) in [7, 11) is 0. The molecule has 19 heavy (non-hydrogen) atoms. The summed E-state index contributed by atoms with van der Waals surface area (Å²) < 4.78 is 0. The van der Waals surface area contributed by atoms with Crippen LogP contribution < -0.4 is 5.32 Å². The largest absolute Gasteiger partial charge is 0.365 e. The van der Waals surface area contributed by atoms with E-state index in [-0.39, 0.29) is 0 Å². The highest BCUT2D eigenvalue weighted by Gasteiger charge is 2.25. The predicted octanol–water partition coefficient (Wildman–Crippen LogP) is 3.07. The molecule has 1 aliphatic carbocycles. The Morgan fingerprint density at radius 1 is 1.32 bits per heavy atom. The number of nitrogens with one attached hydrogen (secondary N) is 1. The second-order valence-electron chi connectivity index (χ2n) is 5.29. The molecule has 0 bridgehead atoms. The van der Waals surface area contributed by atoms with E-state index < -0.39 is 0 Å². The average molecular weight is 258 g/mol. The van der Waals surface area contributed by atoms with Gasteiger partial charge in [0.1, 0.15) is 11.6 Å². The molecule has 1 saturated carbocycles. The van der Waals surface area contributed by atoms with Crippen LogP contribution in [0.2, 0.25) is 0 Å². The molecule has 1 atom stereocenters. The van der Waals surface area contributed by atoms with Crippen LogP contribution in [-0.4, -0.2) is 16.2 Å². The van der Waals surface area contributed by atoms with Gasteiger partial charge in [-0.1, -0.05) is 20.3 Å². The summed E-state index contributed by atoms with van der Waals surface area (Å²) in [5.74, 6) is 1.38. The first kappa shape index (κ1) is 13.8. The Balaban J connectivity index is 2.27. The van der Waals surface area contributed by atoms with Crippen LogP contribution in [0.15, 0.2) is 0 Å². The van der Waals surface area contributed by atoms with Crippen LogP contribution in [0.25, 0.3) is 0 Å². The molecule has 1 aliphatic rings. The monoisotopic (exact) mass is 258 g/mol. The summed E-state index contributed by atoms with van der Waals surface area (Å²) in [6.45, 7) is 6.29. The molecule has 0 saturated heterocycles. The predicted molar refractivity (Wildman–Crippen MR) is 75.9 cm³/mol. The average Bonchev–Trinajstić information content (AvgIpc) is 2.35. The normalized spacial score (nSPS) is 16.5. The number of aromatic nitrogens is 2. The van der Waals surface area contributed by atoms with Crippen LogP contribution in [0, 0.1) is 17.2 Å². The Kier molecular flexibility index (Phi) is 4.36. The highest BCUT2D eigenvalue weighted by atomic mass is 15.2. The second kappa shape index (κ2) is 6.01. The highest BCUT2D eigenvalue weighted by molar-refractivity contribution is 5.56. The Morgan fingerprint density at radius 2 is 2.05 bits per heavy atom. The zero-order chi connectivity index (χ0) is 13.8. The Morgan fingerprint density at radius 3 is 2.53 bits per heavy atom. The molecule has 0 amide bonds. The number of hydrogen-bond acceptors (Lipinski definition) is 4. The molecule has 1 N–H and O–H groups in total. The second-order valence-corrected chi connectivity index (χ2v) is 5.29. The van der Waals surface area contributed by atoms with E-state index in [0.29, 0.717) is 23.3 Å². The zero-order valence-corrected chi connectivity index (χ0v) is 12.0. The van der Waals surface area contributed by atoms with E-state index in [9.17, 15) is 5.26 Å². The lowest BCUT2D eigenvalue weighted by Crippen LogP contribution is -2.31. The van der Waals surface area contributed by atoms with Gasteiger partial charge in [0.25, 0.3) is 0 Å². The molecule has 2 rings (SSSR count). The van der Waals surface area contributed by atoms with Crippen molar-refractivity contribution in [1.29, 1.82) is 5.26 Å². The van der Waals surface area contributed by atoms with Crippen molar-refractivity contribution in [3.63, 3.8) is 0 Å². The number of hydrogen-bond donors (Lipinski definition) is 1. The standard InChI is InChI=1S/C15H22N4/c1-4-12-13(9-16)15(19-18-14(12)5-2)17-10(3)11-7-6-8-11/h10-11H,4-8H2,1-3H3,(H,17,19). The van der Waals surface area contributed by atoms with Crippen molar-refractivity contribution >= 4 is 5.82 Å². The number of rotatable bonds is 5. The molecule has 0 radical (unpaired) electrons. The minimum Gasteiger partial charge on any atom is -0.365 e. The molecule has 1 unspecified atom stereocenters. The van der Waals surface area contributed by atoms with Gasteiger partial charge in [0.15, 0.2) is 5.82 Å². The van der Waals surface area contributed by atoms with Crippen LogP contribution in [0.4, 0.5) is 5.82 Å². The van der Waals surface area contributed by atoms with Gasteiger partial charge in [0.2, 0.25) is 0 Å². The van der Waals surface area contributed by atoms with Gasteiger partial charge in [-0.15, -0.1) is 5.10 Å². The molecule has 1 heterocycles. The number of nitriles is 1. The number of aryl methyl sites for hydroxylation is 1. The Labute approximate surface area is 115 Å². The molecular formula is C15H22N4. The van der Waals surface area contributed by atoms with Gasteiger partial charge < -0.3 is 5.32 Å². The molecule has 0 aromatic carbocycles. The van der Waals surface area contributed by atoms with Crippen LogP contribution >= 0.6 is 0 Å². The maximum absolute atomic E-state index is 9.42. The van der Waals surface area contributed by atoms with Gasteiger partial charge in [-0.3, -0.25) is 0 Å². The van der Waals surface area contributed by atoms with Gasteiger partial charge in [0, 0.05) is 6.04 Å². The molecule has 1 fully saturated rings. The Hall–Kier alpha value is -1.63. The molecule has 0 spiro atoms. The molecule has 102 valence electrons. The lowest BCUT2D eigenvalue weighted by molar-refractivity contribution is 0.284. The van der Waals surface area contributed by atoms with Gasteiger partial charge >= 0.3 is 0 Å². The SMILES string of the molecule is CCc1nnc(NC(C)C2CCC2)c(C#N)c1CC. The van der Waals surface area contributed by atoms with Crippen molar-refractivity contribution in [2.75, 3.05) is 5.32 Å². The van der Waals surface area contributed by atoms with E-state index in [2.05, 4.69) is 42.4 Å². The van der Waals surface area contributed by atoms with E-state index >= 15 is 0 Å². The van der Waals surface area contributed by atoms with E-state index in [4.69, 9.17) is 0 Å². The lowest BCUT2D eigenvalue weighted by Gasteiger charge is -2.32. The van der Waals surface area contributed by atoms with Crippen molar-refractivity contribution in [3.05, 3.63) is 16.8 Å². The third-order valence-corrected chi connectivity index (χ3v) is 4.18. The summed E-state index contributed by atoms with van der Waals surface area (Å²) >= 11 is 0. The molecular weight excluding hydrogens is 236 g/mol. The lowest BCUT2D eigenvalue weighted by atomic mass is 9.80. The van der Waals surface area contributed by atoms with Gasteiger partial charge in [-0.2, -0.15) is 10.4 Å². The topological polar surface area (TPSA) is 61.6 Å². The fourth-order valence-corrected chi connectivity index (χ4v) is 2.67. The van der Waals surface area contributed by atoms with Crippen molar-refractivity contribution < 1.29 is 0 Å². The summed E-state index contributed by atoms with van der Waals surface area (Å²) in [6.07, 6.45) is 5.52. The van der Waals surface area contributed by atoms with E-state index in [1.54, 1.807) is 0 Å². The van der Waals surface area contributed by atoms with Crippen molar-refractivity contribution in [3.8, 4) is 6.07 Å². The Bertz CT molecular complexity index is 486. The molecule has 1 aromatic rings. The summed E-state index contributed by atoms with van der Waals surface area (Å²) in [6, 6.07) is 2.67. The number of anilines is 1. The smallest absolute Gasteiger partial charge is 0.167 e.